The molecule has 10 nitrogen and oxygen atoms in total. The number of nitrogens with zero attached hydrogens (tertiary/aromatic N) is 6. The van der Waals surface area contributed by atoms with Crippen molar-refractivity contribution >= 4 is 22.9 Å². The summed E-state index contributed by atoms with van der Waals surface area (Å²) in [4.78, 5) is 39.1. The number of carbonyl (C=O) groups is 1. The van der Waals surface area contributed by atoms with E-state index in [-0.39, 0.29) is 23.5 Å². The first-order valence-electron chi connectivity index (χ1n) is 13.3. The topological polar surface area (TPSA) is 112 Å². The maximum atomic E-state index is 13.7. The second kappa shape index (κ2) is 10.7. The highest BCUT2D eigenvalue weighted by atomic mass is 16.5. The quantitative estimate of drug-likeness (QED) is 0.368. The average Bonchev–Trinajstić information content (AvgIpc) is 3.22. The van der Waals surface area contributed by atoms with Gasteiger partial charge < -0.3 is 15.4 Å². The Labute approximate surface area is 225 Å². The highest BCUT2D eigenvalue weighted by Crippen LogP contribution is 2.28. The number of hydrogen-bond donors (Lipinski definition) is 1. The number of nitrogens with two attached hydrogens (primary N) is 1. The van der Waals surface area contributed by atoms with Crippen LogP contribution in [0.1, 0.15) is 25.3 Å². The fourth-order valence-electron chi connectivity index (χ4n) is 5.27. The molecule has 0 saturated carbocycles. The van der Waals surface area contributed by atoms with Gasteiger partial charge in [-0.1, -0.05) is 30.7 Å². The zero-order valence-corrected chi connectivity index (χ0v) is 21.6. The number of anilines is 1. The number of fused-ring (bicyclic) bond motifs is 1. The van der Waals surface area contributed by atoms with Crippen LogP contribution in [0.2, 0.25) is 0 Å². The van der Waals surface area contributed by atoms with Crippen molar-refractivity contribution in [1.82, 2.24) is 28.9 Å². The Balaban J connectivity index is 1.21. The van der Waals surface area contributed by atoms with Gasteiger partial charge in [-0.05, 0) is 62.3 Å². The highest BCUT2D eigenvalue weighted by molar-refractivity contribution is 5.88. The van der Waals surface area contributed by atoms with E-state index in [4.69, 9.17) is 10.5 Å². The molecule has 0 atom stereocenters. The molecule has 0 unspecified atom stereocenters. The number of piperidine rings is 1. The number of hydrogen-bond acceptors (Lipinski definition) is 7. The minimum absolute atomic E-state index is 0.0387. The highest BCUT2D eigenvalue weighted by Gasteiger charge is 2.35. The molecule has 6 rings (SSSR count). The molecule has 0 aliphatic carbocycles. The van der Waals surface area contributed by atoms with Crippen LogP contribution in [0.15, 0.2) is 77.9 Å². The molecule has 39 heavy (non-hydrogen) atoms. The van der Waals surface area contributed by atoms with Gasteiger partial charge in [-0.2, -0.15) is 0 Å². The molecular formula is C29H31N7O3. The number of benzene rings is 2. The van der Waals surface area contributed by atoms with Gasteiger partial charge in [-0.15, -0.1) is 0 Å². The number of imidazole rings is 1. The Kier molecular flexibility index (Phi) is 6.85. The second-order valence-corrected chi connectivity index (χ2v) is 9.99. The third-order valence-electron chi connectivity index (χ3n) is 7.37. The standard InChI is InChI=1S/C29H31N7O3/c30-27-26-28(32-20-31-27)36(22-18-34(19-22)25(37)10-7-17-33-15-5-2-6-16-33)29(38)35(26)21-11-13-24(14-12-21)39-23-8-3-1-4-9-23/h1,3-4,7-14,20,22H,2,5-6,15-19H2,(H2,30,31,32)/b10-7+. The summed E-state index contributed by atoms with van der Waals surface area (Å²) < 4.78 is 9.05. The first-order valence-corrected chi connectivity index (χ1v) is 13.3. The predicted molar refractivity (Wildman–Crippen MR) is 149 cm³/mol. The lowest BCUT2D eigenvalue weighted by molar-refractivity contribution is -0.131. The Morgan fingerprint density at radius 3 is 2.44 bits per heavy atom. The van der Waals surface area contributed by atoms with E-state index >= 15 is 0 Å². The van der Waals surface area contributed by atoms with Crippen molar-refractivity contribution in [2.75, 3.05) is 38.5 Å². The summed E-state index contributed by atoms with van der Waals surface area (Å²) in [5, 5.41) is 0. The molecule has 4 aromatic rings. The van der Waals surface area contributed by atoms with Gasteiger partial charge in [0.15, 0.2) is 11.5 Å². The van der Waals surface area contributed by atoms with Crippen molar-refractivity contribution in [2.45, 2.75) is 25.3 Å². The van der Waals surface area contributed by atoms with E-state index in [1.54, 1.807) is 39.8 Å². The predicted octanol–water partition coefficient (Wildman–Crippen LogP) is 3.38. The zero-order valence-electron chi connectivity index (χ0n) is 21.6. The van der Waals surface area contributed by atoms with Crippen molar-refractivity contribution in [1.29, 1.82) is 0 Å². The van der Waals surface area contributed by atoms with Crippen LogP contribution >= 0.6 is 0 Å². The molecule has 2 N–H and O–H groups in total. The molecule has 0 bridgehead atoms. The SMILES string of the molecule is Nc1ncnc2c1n(-c1ccc(Oc3ccccc3)cc1)c(=O)n2C1CN(C(=O)/C=C/CN2CCCCC2)C1. The van der Waals surface area contributed by atoms with Crippen molar-refractivity contribution < 1.29 is 9.53 Å². The summed E-state index contributed by atoms with van der Waals surface area (Å²) in [6.45, 7) is 3.83. The normalized spacial score (nSPS) is 16.6. The largest absolute Gasteiger partial charge is 0.457 e. The molecule has 0 spiro atoms. The molecule has 2 aromatic carbocycles. The van der Waals surface area contributed by atoms with Gasteiger partial charge >= 0.3 is 5.69 Å². The first kappa shape index (κ1) is 24.9. The Morgan fingerprint density at radius 1 is 0.974 bits per heavy atom. The van der Waals surface area contributed by atoms with E-state index in [0.717, 1.165) is 25.4 Å². The van der Waals surface area contributed by atoms with Gasteiger partial charge in [0, 0.05) is 25.7 Å². The van der Waals surface area contributed by atoms with E-state index in [9.17, 15) is 9.59 Å². The monoisotopic (exact) mass is 525 g/mol. The smallest absolute Gasteiger partial charge is 0.335 e. The van der Waals surface area contributed by atoms with Crippen molar-refractivity contribution in [2.24, 2.45) is 0 Å². The van der Waals surface area contributed by atoms with Gasteiger partial charge in [-0.3, -0.25) is 18.8 Å². The molecule has 2 fully saturated rings. The molecule has 10 heteroatoms. The number of nitrogen functional groups attached to an aromatic ring is 1. The lowest BCUT2D eigenvalue weighted by Crippen LogP contribution is -2.52. The first-order chi connectivity index (χ1) is 19.1. The summed E-state index contributed by atoms with van der Waals surface area (Å²) in [6, 6.07) is 16.5. The van der Waals surface area contributed by atoms with Gasteiger partial charge in [0.25, 0.3) is 0 Å². The van der Waals surface area contributed by atoms with E-state index in [1.165, 1.54) is 30.2 Å². The number of para-hydroxylation sites is 1. The molecule has 0 radical (unpaired) electrons. The summed E-state index contributed by atoms with van der Waals surface area (Å²) in [6.07, 6.45) is 8.68. The van der Waals surface area contributed by atoms with Crippen LogP contribution in [0.3, 0.4) is 0 Å². The fourth-order valence-corrected chi connectivity index (χ4v) is 5.27. The molecule has 2 aliphatic heterocycles. The molecule has 2 aliphatic rings. The summed E-state index contributed by atoms with van der Waals surface area (Å²) >= 11 is 0. The molecule has 2 saturated heterocycles. The molecule has 200 valence electrons. The summed E-state index contributed by atoms with van der Waals surface area (Å²) in [5.74, 6) is 1.55. The summed E-state index contributed by atoms with van der Waals surface area (Å²) in [5.41, 5.74) is 7.49. The fraction of sp³-hybridized carbons (Fsp3) is 0.310. The van der Waals surface area contributed by atoms with Crippen LogP contribution in [0.4, 0.5) is 5.82 Å². The number of aromatic nitrogens is 4. The number of rotatable bonds is 7. The second-order valence-electron chi connectivity index (χ2n) is 9.99. The van der Waals surface area contributed by atoms with Crippen LogP contribution in [0.25, 0.3) is 16.9 Å². The van der Waals surface area contributed by atoms with Gasteiger partial charge in [0.2, 0.25) is 5.91 Å². The van der Waals surface area contributed by atoms with Crippen molar-refractivity contribution in [3.8, 4) is 17.2 Å². The Morgan fingerprint density at radius 2 is 1.69 bits per heavy atom. The van der Waals surface area contributed by atoms with Crippen LogP contribution in [-0.2, 0) is 4.79 Å². The molecule has 4 heterocycles. The van der Waals surface area contributed by atoms with Gasteiger partial charge in [0.1, 0.15) is 23.3 Å². The lowest BCUT2D eigenvalue weighted by Gasteiger charge is -2.38. The average molecular weight is 526 g/mol. The molecule has 1 amide bonds. The lowest BCUT2D eigenvalue weighted by atomic mass is 10.1. The Bertz CT molecular complexity index is 1550. The minimum atomic E-state index is -0.272. The Hall–Kier alpha value is -4.44. The summed E-state index contributed by atoms with van der Waals surface area (Å²) in [7, 11) is 0. The van der Waals surface area contributed by atoms with Gasteiger partial charge in [0.05, 0.1) is 11.7 Å². The van der Waals surface area contributed by atoms with Crippen LogP contribution < -0.4 is 16.2 Å². The van der Waals surface area contributed by atoms with E-state index in [1.807, 2.05) is 36.4 Å². The van der Waals surface area contributed by atoms with Crippen molar-refractivity contribution in [3.05, 3.63) is 83.6 Å². The van der Waals surface area contributed by atoms with E-state index < -0.39 is 0 Å². The van der Waals surface area contributed by atoms with E-state index in [0.29, 0.717) is 35.7 Å². The number of likely N-dealkylation sites (tertiary alicyclic amines) is 2. The zero-order chi connectivity index (χ0) is 26.8. The van der Waals surface area contributed by atoms with Crippen LogP contribution in [0, 0.1) is 0 Å². The third-order valence-corrected chi connectivity index (χ3v) is 7.37. The molecular weight excluding hydrogens is 494 g/mol. The van der Waals surface area contributed by atoms with Crippen LogP contribution in [-0.4, -0.2) is 67.5 Å². The van der Waals surface area contributed by atoms with E-state index in [2.05, 4.69) is 14.9 Å². The number of ether oxygens (including phenoxy) is 1. The third kappa shape index (κ3) is 5.03. The van der Waals surface area contributed by atoms with Gasteiger partial charge in [-0.25, -0.2) is 14.8 Å². The maximum Gasteiger partial charge on any atom is 0.335 e. The number of carbonyl (C=O) groups excluding carboxylic acids is 1. The minimum Gasteiger partial charge on any atom is -0.457 e. The molecule has 2 aromatic heterocycles. The van der Waals surface area contributed by atoms with Crippen molar-refractivity contribution in [3.63, 3.8) is 0 Å². The van der Waals surface area contributed by atoms with Crippen LogP contribution in [0.5, 0.6) is 11.5 Å². The number of amides is 1. The maximum absolute atomic E-state index is 13.7.